The highest BCUT2D eigenvalue weighted by Gasteiger charge is 2.53. The van der Waals surface area contributed by atoms with Crippen LogP contribution in [0.5, 0.6) is 5.75 Å². The van der Waals surface area contributed by atoms with Crippen molar-refractivity contribution in [3.8, 4) is 5.75 Å². The summed E-state index contributed by atoms with van der Waals surface area (Å²) < 4.78 is 48.5. The zero-order chi connectivity index (χ0) is 24.0. The number of ether oxygens (including phenoxy) is 2. The Labute approximate surface area is 195 Å². The van der Waals surface area contributed by atoms with Crippen LogP contribution in [0, 0.1) is 11.7 Å². The highest BCUT2D eigenvalue weighted by Crippen LogP contribution is 2.35. The fourth-order valence-corrected chi connectivity index (χ4v) is 5.41. The van der Waals surface area contributed by atoms with Crippen molar-refractivity contribution in [2.45, 2.75) is 75.3 Å². The molecule has 1 N–H and O–H groups in total. The second-order valence-electron chi connectivity index (χ2n) is 10.3. The molecule has 0 aromatic heterocycles. The summed E-state index contributed by atoms with van der Waals surface area (Å²) in [6.07, 6.45) is 5.02. The van der Waals surface area contributed by atoms with E-state index in [4.69, 9.17) is 9.47 Å². The number of fused-ring (bicyclic) bond motifs is 1. The zero-order valence-electron chi connectivity index (χ0n) is 19.7. The Bertz CT molecular complexity index is 988. The summed E-state index contributed by atoms with van der Waals surface area (Å²) in [6.45, 7) is 7.51. The Hall–Kier alpha value is -1.91. The number of nitrogens with one attached hydrogen (secondary N) is 1. The van der Waals surface area contributed by atoms with Crippen molar-refractivity contribution in [2.24, 2.45) is 5.92 Å². The van der Waals surface area contributed by atoms with E-state index in [0.29, 0.717) is 25.1 Å². The Balaban J connectivity index is 1.23. The largest absolute Gasteiger partial charge is 0.490 e. The third kappa shape index (κ3) is 5.78. The van der Waals surface area contributed by atoms with Crippen LogP contribution in [-0.2, 0) is 14.6 Å². The number of hydrogen-bond donors (Lipinski definition) is 1. The van der Waals surface area contributed by atoms with Crippen molar-refractivity contribution in [2.75, 3.05) is 26.0 Å². The molecule has 10 heteroatoms. The average Bonchev–Trinajstić information content (AvgIpc) is 3.51. The minimum Gasteiger partial charge on any atom is -0.490 e. The number of sulfone groups is 1. The lowest BCUT2D eigenvalue weighted by atomic mass is 9.85. The summed E-state index contributed by atoms with van der Waals surface area (Å²) in [4.78, 5) is 16.6. The second-order valence-corrected chi connectivity index (χ2v) is 12.3. The third-order valence-corrected chi connectivity index (χ3v) is 7.65. The molecule has 0 bridgehead atoms. The summed E-state index contributed by atoms with van der Waals surface area (Å²) in [7, 11) is -3.45. The molecule has 1 aromatic carbocycles. The van der Waals surface area contributed by atoms with E-state index < -0.39 is 21.3 Å². The molecule has 3 aliphatic rings. The minimum absolute atomic E-state index is 0.0209. The van der Waals surface area contributed by atoms with E-state index in [0.717, 1.165) is 44.6 Å². The summed E-state index contributed by atoms with van der Waals surface area (Å²) in [5.41, 5.74) is -0.502. The van der Waals surface area contributed by atoms with Gasteiger partial charge in [0.25, 0.3) is 0 Å². The second kappa shape index (κ2) is 9.03. The molecule has 3 fully saturated rings. The number of halogens is 1. The Morgan fingerprint density at radius 1 is 1.15 bits per heavy atom. The van der Waals surface area contributed by atoms with Crippen LogP contribution >= 0.6 is 0 Å². The molecule has 0 radical (unpaired) electrons. The molecule has 0 spiro atoms. The smallest absolute Gasteiger partial charge is 0.411 e. The molecular formula is C23H34FN3O5S. The maximum atomic E-state index is 14.2. The van der Waals surface area contributed by atoms with E-state index in [1.807, 2.05) is 20.8 Å². The van der Waals surface area contributed by atoms with Gasteiger partial charge < -0.3 is 9.47 Å². The van der Waals surface area contributed by atoms with Gasteiger partial charge in [0.15, 0.2) is 21.4 Å². The molecule has 2 saturated heterocycles. The Morgan fingerprint density at radius 3 is 2.45 bits per heavy atom. The lowest BCUT2D eigenvalue weighted by Crippen LogP contribution is -2.53. The first-order chi connectivity index (χ1) is 15.4. The van der Waals surface area contributed by atoms with Crippen molar-refractivity contribution in [3.63, 3.8) is 0 Å². The third-order valence-electron chi connectivity index (χ3n) is 6.54. The number of rotatable bonds is 5. The predicted octanol–water partition coefficient (Wildman–Crippen LogP) is 2.97. The number of carbonyl (C=O) groups excluding carboxylic acids is 1. The Kier molecular flexibility index (Phi) is 6.63. The van der Waals surface area contributed by atoms with Gasteiger partial charge in [-0.25, -0.2) is 17.6 Å². The van der Waals surface area contributed by atoms with Gasteiger partial charge in [-0.2, -0.15) is 0 Å². The van der Waals surface area contributed by atoms with Crippen LogP contribution < -0.4 is 10.1 Å². The maximum absolute atomic E-state index is 14.2. The van der Waals surface area contributed by atoms with E-state index in [9.17, 15) is 17.6 Å². The number of amides is 1. The molecule has 1 amide bonds. The molecule has 2 unspecified atom stereocenters. The summed E-state index contributed by atoms with van der Waals surface area (Å²) in [5, 5.41) is 3.42. The summed E-state index contributed by atoms with van der Waals surface area (Å²) in [5.74, 6) is -0.227. The molecule has 1 aliphatic carbocycles. The van der Waals surface area contributed by atoms with E-state index in [-0.39, 0.29) is 29.1 Å². The first kappa shape index (κ1) is 24.2. The first-order valence-corrected chi connectivity index (χ1v) is 13.5. The molecule has 2 aliphatic heterocycles. The van der Waals surface area contributed by atoms with Gasteiger partial charge >= 0.3 is 6.09 Å². The van der Waals surface area contributed by atoms with Crippen LogP contribution in [0.25, 0.3) is 0 Å². The topological polar surface area (TPSA) is 98.1 Å². The number of nitrogens with zero attached hydrogens (tertiary/aromatic N) is 2. The lowest BCUT2D eigenvalue weighted by molar-refractivity contribution is 0.00526. The summed E-state index contributed by atoms with van der Waals surface area (Å²) >= 11 is 0. The number of benzene rings is 1. The van der Waals surface area contributed by atoms with Gasteiger partial charge in [-0.05, 0) is 70.6 Å². The predicted molar refractivity (Wildman–Crippen MR) is 121 cm³/mol. The fraction of sp³-hybridized carbons (Fsp3) is 0.696. The highest BCUT2D eigenvalue weighted by molar-refractivity contribution is 7.90. The van der Waals surface area contributed by atoms with Crippen molar-refractivity contribution in [1.82, 2.24) is 15.1 Å². The van der Waals surface area contributed by atoms with E-state index >= 15 is 0 Å². The van der Waals surface area contributed by atoms with Gasteiger partial charge in [-0.1, -0.05) is 0 Å². The molecule has 1 aromatic rings. The number of carbonyl (C=O) groups is 1. The van der Waals surface area contributed by atoms with Gasteiger partial charge in [-0.15, -0.1) is 0 Å². The highest BCUT2D eigenvalue weighted by atomic mass is 32.2. The van der Waals surface area contributed by atoms with Gasteiger partial charge in [0.2, 0.25) is 0 Å². The van der Waals surface area contributed by atoms with Crippen molar-refractivity contribution in [3.05, 3.63) is 24.0 Å². The molecule has 8 nitrogen and oxygen atoms in total. The van der Waals surface area contributed by atoms with E-state index in [2.05, 4.69) is 10.2 Å². The van der Waals surface area contributed by atoms with Crippen LogP contribution in [0.3, 0.4) is 0 Å². The quantitative estimate of drug-likeness (QED) is 0.643. The van der Waals surface area contributed by atoms with Gasteiger partial charge in [0, 0.05) is 25.4 Å². The van der Waals surface area contributed by atoms with Gasteiger partial charge in [0.1, 0.15) is 11.8 Å². The fourth-order valence-electron chi connectivity index (χ4n) is 4.77. The van der Waals surface area contributed by atoms with E-state index in [1.165, 1.54) is 12.1 Å². The normalized spacial score (nSPS) is 28.2. The lowest BCUT2D eigenvalue weighted by Gasteiger charge is -2.40. The molecule has 184 valence electrons. The average molecular weight is 484 g/mol. The van der Waals surface area contributed by atoms with Crippen LogP contribution in [-0.4, -0.2) is 74.2 Å². The SMILES string of the molecule is CC(C)(C)OC(=O)N1CCN(C2CCC(COc3ccc(S(C)(=O)=O)cc3F)CC2)C2NC21. The van der Waals surface area contributed by atoms with Crippen molar-refractivity contribution in [1.29, 1.82) is 0 Å². The van der Waals surface area contributed by atoms with Crippen LogP contribution in [0.4, 0.5) is 9.18 Å². The molecule has 1 saturated carbocycles. The molecule has 2 atom stereocenters. The monoisotopic (exact) mass is 483 g/mol. The minimum atomic E-state index is -3.45. The number of piperazine rings is 1. The van der Waals surface area contributed by atoms with Crippen LogP contribution in [0.1, 0.15) is 46.5 Å². The molecular weight excluding hydrogens is 449 g/mol. The van der Waals surface area contributed by atoms with Gasteiger partial charge in [0.05, 0.1) is 17.7 Å². The molecule has 4 rings (SSSR count). The zero-order valence-corrected chi connectivity index (χ0v) is 20.5. The van der Waals surface area contributed by atoms with E-state index in [1.54, 1.807) is 4.90 Å². The first-order valence-electron chi connectivity index (χ1n) is 11.6. The van der Waals surface area contributed by atoms with Crippen molar-refractivity contribution >= 4 is 15.9 Å². The Morgan fingerprint density at radius 2 is 1.85 bits per heavy atom. The van der Waals surface area contributed by atoms with Crippen molar-refractivity contribution < 1.29 is 27.1 Å². The standard InChI is InChI=1S/C23H34FN3O5S/c1-23(2,3)32-22(28)27-12-11-26(20-21(27)25-20)16-7-5-15(6-8-16)14-31-19-10-9-17(13-18(19)24)33(4,29)30/h9-10,13,15-16,20-21,25H,5-8,11-12,14H2,1-4H3. The molecule has 33 heavy (non-hydrogen) atoms. The van der Waals surface area contributed by atoms with Crippen LogP contribution in [0.15, 0.2) is 23.1 Å². The maximum Gasteiger partial charge on any atom is 0.411 e. The molecule has 2 heterocycles. The van der Waals surface area contributed by atoms with Crippen LogP contribution in [0.2, 0.25) is 0 Å². The summed E-state index contributed by atoms with van der Waals surface area (Å²) in [6, 6.07) is 4.23. The number of hydrogen-bond acceptors (Lipinski definition) is 7. The van der Waals surface area contributed by atoms with Gasteiger partial charge in [-0.3, -0.25) is 15.1 Å².